The number of nitrogens with zero attached hydrogens (tertiary/aromatic N) is 10. The zero-order chi connectivity index (χ0) is 51.0. The highest BCUT2D eigenvalue weighted by molar-refractivity contribution is 6.28. The van der Waals surface area contributed by atoms with Crippen molar-refractivity contribution < 1.29 is 37.4 Å². The Hall–Kier alpha value is -8.76. The second-order valence-corrected chi connectivity index (χ2v) is 19.2. The van der Waals surface area contributed by atoms with Gasteiger partial charge in [-0.25, -0.2) is 36.5 Å². The largest absolute Gasteiger partial charge is 0.385 e. The normalized spacial score (nSPS) is 12.9. The monoisotopic (exact) mass is 990 g/mol. The lowest BCUT2D eigenvalue weighted by atomic mass is 9.93. The van der Waals surface area contributed by atoms with Crippen LogP contribution in [0, 0.1) is 23.9 Å². The van der Waals surface area contributed by atoms with Gasteiger partial charge >= 0.3 is 0 Å². The van der Waals surface area contributed by atoms with Crippen molar-refractivity contribution in [3.8, 4) is 23.9 Å². The molecule has 0 saturated carbocycles. The number of benzene rings is 4. The second-order valence-electron chi connectivity index (χ2n) is 19.2. The molecule has 0 fully saturated rings. The summed E-state index contributed by atoms with van der Waals surface area (Å²) in [5.41, 5.74) is 3.81. The number of imidazole rings is 4. The minimum absolute atomic E-state index is 0.372. The van der Waals surface area contributed by atoms with E-state index in [0.29, 0.717) is 46.1 Å². The van der Waals surface area contributed by atoms with E-state index in [1.54, 1.807) is 12.1 Å². The van der Waals surface area contributed by atoms with E-state index in [1.807, 2.05) is 118 Å². The summed E-state index contributed by atoms with van der Waals surface area (Å²) in [6, 6.07) is 24.3. The molecule has 0 radical (unpaired) electrons. The number of aromatic nitrogens is 8. The highest BCUT2D eigenvalue weighted by atomic mass is 16.2. The van der Waals surface area contributed by atoms with Crippen molar-refractivity contribution >= 4 is 56.5 Å². The maximum atomic E-state index is 13.4. The van der Waals surface area contributed by atoms with Crippen LogP contribution >= 0.6 is 0 Å². The third kappa shape index (κ3) is 10.9. The number of carbonyl (C=O) groups is 4. The Balaban J connectivity index is 0.597. The molecule has 16 heteroatoms. The maximum Gasteiger partial charge on any atom is 0.273 e. The lowest BCUT2D eigenvalue weighted by molar-refractivity contribution is -0.697. The highest BCUT2D eigenvalue weighted by Gasteiger charge is 2.34. The average molecular weight is 991 g/mol. The van der Waals surface area contributed by atoms with Crippen LogP contribution in [0.15, 0.2) is 136 Å². The first kappa shape index (κ1) is 48.8. The second kappa shape index (κ2) is 22.3. The van der Waals surface area contributed by atoms with Gasteiger partial charge in [-0.3, -0.25) is 19.2 Å². The summed E-state index contributed by atoms with van der Waals surface area (Å²) in [6.45, 7) is 6.22. The maximum absolute atomic E-state index is 13.4. The number of amides is 4. The van der Waals surface area contributed by atoms with Gasteiger partial charge in [-0.2, -0.15) is 9.80 Å². The number of carbonyl (C=O) groups excluding carboxylic acids is 4. The first-order valence-corrected chi connectivity index (χ1v) is 25.6. The molecule has 0 bridgehead atoms. The molecule has 10 rings (SSSR count). The van der Waals surface area contributed by atoms with Gasteiger partial charge in [0.15, 0.2) is 13.1 Å². The van der Waals surface area contributed by atoms with E-state index in [4.69, 9.17) is 0 Å². The number of aryl methyl sites for hydroxylation is 6. The van der Waals surface area contributed by atoms with E-state index in [0.717, 1.165) is 123 Å². The molecular weight excluding hydrogens is 929 g/mol. The van der Waals surface area contributed by atoms with Crippen LogP contribution in [0.4, 0.5) is 11.4 Å². The molecule has 374 valence electrons. The highest BCUT2D eigenvalue weighted by Crippen LogP contribution is 2.36. The van der Waals surface area contributed by atoms with Gasteiger partial charge < -0.3 is 10.6 Å². The molecule has 16 nitrogen and oxygen atoms in total. The van der Waals surface area contributed by atoms with Gasteiger partial charge in [-0.05, 0) is 99.6 Å². The molecule has 8 aromatic rings. The molecular formula is C58H62N12O4+4. The number of nitrogens with one attached hydrogen (secondary N) is 2. The third-order valence-electron chi connectivity index (χ3n) is 13.8. The molecule has 2 N–H and O–H groups in total. The third-order valence-corrected chi connectivity index (χ3v) is 13.8. The summed E-state index contributed by atoms with van der Waals surface area (Å²) >= 11 is 0. The quantitative estimate of drug-likeness (QED) is 0.0394. The molecule has 0 saturated heterocycles. The van der Waals surface area contributed by atoms with Gasteiger partial charge in [0.1, 0.15) is 49.6 Å². The summed E-state index contributed by atoms with van der Waals surface area (Å²) in [5.74, 6) is 4.38. The minimum Gasteiger partial charge on any atom is -0.385 e. The lowest BCUT2D eigenvalue weighted by Crippen LogP contribution is -2.36. The predicted molar refractivity (Wildman–Crippen MR) is 279 cm³/mol. The molecule has 0 unspecified atom stereocenters. The Morgan fingerprint density at radius 3 is 1.28 bits per heavy atom. The Morgan fingerprint density at radius 2 is 0.865 bits per heavy atom. The summed E-state index contributed by atoms with van der Waals surface area (Å²) in [4.78, 5) is 55.9. The first-order chi connectivity index (χ1) is 36.2. The van der Waals surface area contributed by atoms with Crippen molar-refractivity contribution in [2.75, 3.05) is 23.7 Å². The standard InChI is InChI=1S/C58H60N12O4/c1-61-33-35-63(41-61)29-13-31-69-55(71)47-17-11-15-45-51(21-19-49(53(45)47)57(69)73)59-23-5-3-7-25-65-37-39-67(43-65)27-9-10-28-68-40-38-66(44-68)26-8-4-6-24-60-52-22-20-50-54-46(52)16-12-18-48(54)56(72)70(58(50)74)32-14-30-64-36-34-62(2)42-64/h11-12,15-22,33-44H,3-10,23-30H2,1-2H3/q+2/p+2. The van der Waals surface area contributed by atoms with Gasteiger partial charge in [0.25, 0.3) is 23.6 Å². The van der Waals surface area contributed by atoms with Crippen LogP contribution < -0.4 is 28.9 Å². The predicted octanol–water partition coefficient (Wildman–Crippen LogP) is 5.98. The molecule has 0 aliphatic carbocycles. The average Bonchev–Trinajstić information content (AvgIpc) is 4.25. The van der Waals surface area contributed by atoms with Crippen molar-refractivity contribution in [2.24, 2.45) is 14.1 Å². The Morgan fingerprint density at radius 1 is 0.446 bits per heavy atom. The van der Waals surface area contributed by atoms with Gasteiger partial charge in [0.2, 0.25) is 25.3 Å². The molecule has 4 aromatic carbocycles. The lowest BCUT2D eigenvalue weighted by Gasteiger charge is -2.23. The van der Waals surface area contributed by atoms with Gasteiger partial charge in [-0.1, -0.05) is 24.3 Å². The fourth-order valence-electron chi connectivity index (χ4n) is 9.94. The van der Waals surface area contributed by atoms with E-state index >= 15 is 0 Å². The van der Waals surface area contributed by atoms with Crippen molar-refractivity contribution in [3.05, 3.63) is 158 Å². The number of hydrogen-bond acceptors (Lipinski definition) is 6. The Kier molecular flexibility index (Phi) is 14.7. The Labute approximate surface area is 430 Å². The fraction of sp³-hybridized carbons (Fsp3) is 0.310. The van der Waals surface area contributed by atoms with Crippen LogP contribution in [0.5, 0.6) is 0 Å². The fourth-order valence-corrected chi connectivity index (χ4v) is 9.94. The van der Waals surface area contributed by atoms with Crippen LogP contribution in [0.25, 0.3) is 21.5 Å². The van der Waals surface area contributed by atoms with Crippen molar-refractivity contribution in [3.63, 3.8) is 0 Å². The molecule has 0 spiro atoms. The topological polar surface area (TPSA) is 134 Å². The number of rotatable bonds is 21. The van der Waals surface area contributed by atoms with Gasteiger partial charge in [0.05, 0.1) is 40.3 Å². The summed E-state index contributed by atoms with van der Waals surface area (Å²) in [7, 11) is 3.85. The van der Waals surface area contributed by atoms with Crippen LogP contribution in [0.2, 0.25) is 0 Å². The molecule has 4 amide bonds. The van der Waals surface area contributed by atoms with E-state index in [-0.39, 0.29) is 0 Å². The van der Waals surface area contributed by atoms with E-state index in [9.17, 15) is 19.2 Å². The van der Waals surface area contributed by atoms with E-state index < -0.39 is 23.6 Å². The molecule has 4 aromatic heterocycles. The number of unbranched alkanes of at least 4 members (excludes halogenated alkanes) is 5. The van der Waals surface area contributed by atoms with Crippen LogP contribution in [-0.4, -0.2) is 64.8 Å². The number of hydrogen-bond donors (Lipinski definition) is 2. The summed E-state index contributed by atoms with van der Waals surface area (Å²) in [5, 5.41) is 10.2. The van der Waals surface area contributed by atoms with Gasteiger partial charge in [0, 0.05) is 80.4 Å². The number of anilines is 2. The van der Waals surface area contributed by atoms with Crippen molar-refractivity contribution in [1.29, 1.82) is 0 Å². The number of imide groups is 2. The van der Waals surface area contributed by atoms with Gasteiger partial charge in [-0.15, -0.1) is 0 Å². The Bertz CT molecular complexity index is 3260. The van der Waals surface area contributed by atoms with E-state index in [2.05, 4.69) is 90.3 Å². The summed E-state index contributed by atoms with van der Waals surface area (Å²) in [6.07, 6.45) is 32.9. The smallest absolute Gasteiger partial charge is 0.273 e. The summed E-state index contributed by atoms with van der Waals surface area (Å²) < 4.78 is 16.7. The SMILES string of the molecule is C[n+]1ccn(CC#CN2C(=O)c3cccc4c(NCCCCC[n+]5ccn(CCCCn6cc[n+](CCCCCNc7ccc8c9c(cccc79)C(=O)N(C#CCn7cc[n+](C)c7)C8=O)c6)c5)ccc(c34)C2=O)c1. The van der Waals surface area contributed by atoms with Crippen LogP contribution in [-0.2, 0) is 53.4 Å². The van der Waals surface area contributed by atoms with Crippen molar-refractivity contribution in [2.45, 2.75) is 90.6 Å². The molecule has 0 atom stereocenters. The zero-order valence-electron chi connectivity index (χ0n) is 42.1. The zero-order valence-corrected chi connectivity index (χ0v) is 42.1. The molecule has 74 heavy (non-hydrogen) atoms. The molecule has 2 aliphatic rings. The molecule has 6 heterocycles. The van der Waals surface area contributed by atoms with E-state index in [1.165, 1.54) is 0 Å². The van der Waals surface area contributed by atoms with Crippen molar-refractivity contribution in [1.82, 2.24) is 28.1 Å². The molecule has 2 aliphatic heterocycles. The first-order valence-electron chi connectivity index (χ1n) is 25.6. The minimum atomic E-state index is -0.390. The van der Waals surface area contributed by atoms with Crippen LogP contribution in [0.3, 0.4) is 0 Å². The van der Waals surface area contributed by atoms with Crippen LogP contribution in [0.1, 0.15) is 92.8 Å².